The van der Waals surface area contributed by atoms with Gasteiger partial charge in [0.2, 0.25) is 5.91 Å². The molecule has 2 heterocycles. The van der Waals surface area contributed by atoms with Crippen LogP contribution in [0.1, 0.15) is 18.4 Å². The maximum absolute atomic E-state index is 11.9. The predicted octanol–water partition coefficient (Wildman–Crippen LogP) is 0.369. The molecule has 2 rings (SSSR count). The van der Waals surface area contributed by atoms with Gasteiger partial charge < -0.3 is 14.8 Å². The molecule has 0 aliphatic carbocycles. The van der Waals surface area contributed by atoms with E-state index in [4.69, 9.17) is 0 Å². The van der Waals surface area contributed by atoms with E-state index in [1.807, 2.05) is 17.9 Å². The summed E-state index contributed by atoms with van der Waals surface area (Å²) in [5, 5.41) is 3.22. The predicted molar refractivity (Wildman–Crippen MR) is 74.1 cm³/mol. The second-order valence-electron chi connectivity index (χ2n) is 4.97. The second kappa shape index (κ2) is 6.52. The van der Waals surface area contributed by atoms with Crippen LogP contribution in [0.2, 0.25) is 0 Å². The number of hydrogen-bond donors (Lipinski definition) is 1. The number of hydrogen-bond acceptors (Lipinski definition) is 3. The van der Waals surface area contributed by atoms with Crippen molar-refractivity contribution in [2.45, 2.75) is 26.3 Å². The fraction of sp³-hybridized carbons (Fsp3) is 0.571. The lowest BCUT2D eigenvalue weighted by Crippen LogP contribution is -2.46. The van der Waals surface area contributed by atoms with Gasteiger partial charge in [-0.25, -0.2) is 0 Å². The van der Waals surface area contributed by atoms with E-state index in [0.717, 1.165) is 31.7 Å². The van der Waals surface area contributed by atoms with Gasteiger partial charge in [-0.15, -0.1) is 0 Å². The molecule has 1 aliphatic heterocycles. The standard InChI is InChI=1S/C14H21N3O2/c1-12-4-8-16(14(19)11-12)7-2-3-13(18)17-9-5-15-6-10-17/h4,8,11,15H,2-3,5-7,9-10H2,1H3. The van der Waals surface area contributed by atoms with Gasteiger partial charge in [0, 0.05) is 51.4 Å². The number of carbonyl (C=O) groups is 1. The fourth-order valence-corrected chi connectivity index (χ4v) is 2.26. The first-order valence-electron chi connectivity index (χ1n) is 6.82. The van der Waals surface area contributed by atoms with Crippen LogP contribution in [0.4, 0.5) is 0 Å². The molecule has 1 fully saturated rings. The third-order valence-corrected chi connectivity index (χ3v) is 3.41. The van der Waals surface area contributed by atoms with Gasteiger partial charge in [-0.2, -0.15) is 0 Å². The third-order valence-electron chi connectivity index (χ3n) is 3.41. The van der Waals surface area contributed by atoms with Crippen LogP contribution in [-0.2, 0) is 11.3 Å². The van der Waals surface area contributed by atoms with E-state index in [1.54, 1.807) is 16.8 Å². The number of rotatable bonds is 4. The second-order valence-corrected chi connectivity index (χ2v) is 4.97. The SMILES string of the molecule is Cc1ccn(CCCC(=O)N2CCNCC2)c(=O)c1. The highest BCUT2D eigenvalue weighted by Gasteiger charge is 2.15. The Morgan fingerprint density at radius 1 is 1.37 bits per heavy atom. The van der Waals surface area contributed by atoms with Crippen LogP contribution < -0.4 is 10.9 Å². The Labute approximate surface area is 113 Å². The molecular weight excluding hydrogens is 242 g/mol. The van der Waals surface area contributed by atoms with Crippen LogP contribution >= 0.6 is 0 Å². The highest BCUT2D eigenvalue weighted by molar-refractivity contribution is 5.76. The number of nitrogens with zero attached hydrogens (tertiary/aromatic N) is 2. The van der Waals surface area contributed by atoms with E-state index in [1.165, 1.54) is 0 Å². The van der Waals surface area contributed by atoms with E-state index < -0.39 is 0 Å². The number of carbonyl (C=O) groups excluding carboxylic acids is 1. The van der Waals surface area contributed by atoms with Crippen molar-refractivity contribution in [1.29, 1.82) is 0 Å². The molecule has 0 radical (unpaired) electrons. The largest absolute Gasteiger partial charge is 0.340 e. The smallest absolute Gasteiger partial charge is 0.250 e. The molecule has 0 unspecified atom stereocenters. The van der Waals surface area contributed by atoms with Crippen molar-refractivity contribution in [2.24, 2.45) is 0 Å². The van der Waals surface area contributed by atoms with Gasteiger partial charge in [-0.05, 0) is 25.0 Å². The van der Waals surface area contributed by atoms with Crippen molar-refractivity contribution in [3.8, 4) is 0 Å². The van der Waals surface area contributed by atoms with E-state index >= 15 is 0 Å². The minimum atomic E-state index is 0.00891. The molecule has 5 nitrogen and oxygen atoms in total. The number of amides is 1. The van der Waals surface area contributed by atoms with E-state index in [2.05, 4.69) is 5.32 Å². The van der Waals surface area contributed by atoms with Gasteiger partial charge in [0.25, 0.3) is 5.56 Å². The van der Waals surface area contributed by atoms with Crippen LogP contribution in [0.15, 0.2) is 23.1 Å². The van der Waals surface area contributed by atoms with Crippen molar-refractivity contribution in [3.05, 3.63) is 34.2 Å². The Morgan fingerprint density at radius 2 is 2.11 bits per heavy atom. The number of piperazine rings is 1. The molecule has 0 saturated carbocycles. The molecule has 0 atom stereocenters. The summed E-state index contributed by atoms with van der Waals surface area (Å²) < 4.78 is 1.66. The average molecular weight is 263 g/mol. The molecular formula is C14H21N3O2. The fourth-order valence-electron chi connectivity index (χ4n) is 2.26. The van der Waals surface area contributed by atoms with Crippen molar-refractivity contribution in [3.63, 3.8) is 0 Å². The summed E-state index contributed by atoms with van der Waals surface area (Å²) in [6.45, 7) is 5.86. The molecule has 1 saturated heterocycles. The van der Waals surface area contributed by atoms with Crippen LogP contribution in [-0.4, -0.2) is 41.6 Å². The molecule has 19 heavy (non-hydrogen) atoms. The lowest BCUT2D eigenvalue weighted by molar-refractivity contribution is -0.131. The van der Waals surface area contributed by atoms with Crippen molar-refractivity contribution in [2.75, 3.05) is 26.2 Å². The molecule has 0 bridgehead atoms. The monoisotopic (exact) mass is 263 g/mol. The number of aromatic nitrogens is 1. The third kappa shape index (κ3) is 3.92. The number of nitrogens with one attached hydrogen (secondary N) is 1. The Balaban J connectivity index is 1.79. The van der Waals surface area contributed by atoms with Crippen LogP contribution in [0.25, 0.3) is 0 Å². The maximum Gasteiger partial charge on any atom is 0.250 e. The van der Waals surface area contributed by atoms with Crippen LogP contribution in [0.5, 0.6) is 0 Å². The van der Waals surface area contributed by atoms with E-state index in [9.17, 15) is 9.59 Å². The van der Waals surface area contributed by atoms with E-state index in [-0.39, 0.29) is 11.5 Å². The lowest BCUT2D eigenvalue weighted by Gasteiger charge is -2.27. The highest BCUT2D eigenvalue weighted by atomic mass is 16.2. The summed E-state index contributed by atoms with van der Waals surface area (Å²) in [6, 6.07) is 3.54. The molecule has 1 amide bonds. The van der Waals surface area contributed by atoms with Gasteiger partial charge in [0.1, 0.15) is 0 Å². The summed E-state index contributed by atoms with van der Waals surface area (Å²) in [4.78, 5) is 25.5. The molecule has 1 aliphatic rings. The lowest BCUT2D eigenvalue weighted by atomic mass is 10.2. The molecule has 0 aromatic carbocycles. The molecule has 104 valence electrons. The van der Waals surface area contributed by atoms with Gasteiger partial charge in [0.05, 0.1) is 0 Å². The summed E-state index contributed by atoms with van der Waals surface area (Å²) in [5.74, 6) is 0.196. The average Bonchev–Trinajstić information content (AvgIpc) is 2.42. The van der Waals surface area contributed by atoms with E-state index in [0.29, 0.717) is 19.4 Å². The van der Waals surface area contributed by atoms with Gasteiger partial charge >= 0.3 is 0 Å². The van der Waals surface area contributed by atoms with Gasteiger partial charge in [-0.1, -0.05) is 0 Å². The van der Waals surface area contributed by atoms with Crippen molar-refractivity contribution < 1.29 is 4.79 Å². The molecule has 1 aromatic heterocycles. The molecule has 0 spiro atoms. The first-order valence-corrected chi connectivity index (χ1v) is 6.82. The van der Waals surface area contributed by atoms with Gasteiger partial charge in [0.15, 0.2) is 0 Å². The molecule has 5 heteroatoms. The quantitative estimate of drug-likeness (QED) is 0.854. The first kappa shape index (κ1) is 13.8. The van der Waals surface area contributed by atoms with Gasteiger partial charge in [-0.3, -0.25) is 9.59 Å². The summed E-state index contributed by atoms with van der Waals surface area (Å²) >= 11 is 0. The summed E-state index contributed by atoms with van der Waals surface area (Å²) in [7, 11) is 0. The maximum atomic E-state index is 11.9. The zero-order valence-electron chi connectivity index (χ0n) is 11.4. The Hall–Kier alpha value is -1.62. The first-order chi connectivity index (χ1) is 9.16. The Bertz CT molecular complexity index is 490. The molecule has 1 aromatic rings. The molecule has 1 N–H and O–H groups in total. The zero-order valence-corrected chi connectivity index (χ0v) is 11.4. The van der Waals surface area contributed by atoms with Crippen molar-refractivity contribution >= 4 is 5.91 Å². The summed E-state index contributed by atoms with van der Waals surface area (Å²) in [6.07, 6.45) is 3.03. The number of pyridine rings is 1. The van der Waals surface area contributed by atoms with Crippen LogP contribution in [0.3, 0.4) is 0 Å². The minimum Gasteiger partial charge on any atom is -0.340 e. The Morgan fingerprint density at radius 3 is 2.79 bits per heavy atom. The summed E-state index contributed by atoms with van der Waals surface area (Å²) in [5.41, 5.74) is 0.979. The Kier molecular flexibility index (Phi) is 4.74. The van der Waals surface area contributed by atoms with Crippen LogP contribution in [0, 0.1) is 6.92 Å². The minimum absolute atomic E-state index is 0.00891. The topological polar surface area (TPSA) is 54.3 Å². The van der Waals surface area contributed by atoms with Crippen molar-refractivity contribution in [1.82, 2.24) is 14.8 Å². The normalized spacial score (nSPS) is 15.5. The zero-order chi connectivity index (χ0) is 13.7. The number of aryl methyl sites for hydroxylation is 2. The highest BCUT2D eigenvalue weighted by Crippen LogP contribution is 2.01.